The number of carbonyl (C=O) groups excluding carboxylic acids is 1. The lowest BCUT2D eigenvalue weighted by molar-refractivity contribution is 0.0517. The first-order chi connectivity index (χ1) is 10.2. The van der Waals surface area contributed by atoms with E-state index in [-0.39, 0.29) is 6.09 Å². The first-order valence-electron chi connectivity index (χ1n) is 8.59. The number of nitrogens with one attached hydrogen (secondary N) is 2. The molecule has 0 radical (unpaired) electrons. The molecule has 2 unspecified atom stereocenters. The third kappa shape index (κ3) is 7.45. The molecule has 0 aromatic carbocycles. The Kier molecular flexibility index (Phi) is 7.63. The van der Waals surface area contributed by atoms with Crippen molar-refractivity contribution in [2.75, 3.05) is 26.7 Å². The topological polar surface area (TPSA) is 53.6 Å². The van der Waals surface area contributed by atoms with Crippen LogP contribution in [0.4, 0.5) is 4.79 Å². The van der Waals surface area contributed by atoms with E-state index in [1.807, 2.05) is 20.8 Å². The van der Waals surface area contributed by atoms with E-state index in [2.05, 4.69) is 36.4 Å². The van der Waals surface area contributed by atoms with Gasteiger partial charge in [-0.2, -0.15) is 0 Å². The molecular formula is C17H35N3O2. The van der Waals surface area contributed by atoms with Gasteiger partial charge in [0.05, 0.1) is 0 Å². The molecule has 5 heteroatoms. The molecule has 1 aliphatic rings. The van der Waals surface area contributed by atoms with E-state index in [1.54, 1.807) is 0 Å². The molecule has 1 aliphatic carbocycles. The number of amides is 1. The van der Waals surface area contributed by atoms with Gasteiger partial charge in [-0.05, 0) is 60.4 Å². The minimum atomic E-state index is -0.432. The summed E-state index contributed by atoms with van der Waals surface area (Å²) in [6.07, 6.45) is 3.30. The van der Waals surface area contributed by atoms with Crippen molar-refractivity contribution in [1.82, 2.24) is 15.5 Å². The van der Waals surface area contributed by atoms with Crippen LogP contribution < -0.4 is 10.6 Å². The lowest BCUT2D eigenvalue weighted by Crippen LogP contribution is -2.43. The summed E-state index contributed by atoms with van der Waals surface area (Å²) >= 11 is 0. The van der Waals surface area contributed by atoms with Crippen LogP contribution in [-0.4, -0.2) is 55.4 Å². The highest BCUT2D eigenvalue weighted by Crippen LogP contribution is 2.25. The Hall–Kier alpha value is -0.810. The first-order valence-corrected chi connectivity index (χ1v) is 8.59. The monoisotopic (exact) mass is 313 g/mol. The first kappa shape index (κ1) is 19.2. The molecule has 1 rings (SSSR count). The molecule has 0 aromatic heterocycles. The van der Waals surface area contributed by atoms with Gasteiger partial charge in [-0.1, -0.05) is 6.42 Å². The van der Waals surface area contributed by atoms with E-state index in [0.29, 0.717) is 24.5 Å². The molecule has 2 atom stereocenters. The molecule has 2 N–H and O–H groups in total. The van der Waals surface area contributed by atoms with Crippen LogP contribution in [0.3, 0.4) is 0 Å². The highest BCUT2D eigenvalue weighted by molar-refractivity contribution is 5.67. The molecule has 0 saturated heterocycles. The fraction of sp³-hybridized carbons (Fsp3) is 0.941. The minimum Gasteiger partial charge on any atom is -0.444 e. The van der Waals surface area contributed by atoms with Crippen LogP contribution in [0.1, 0.15) is 53.9 Å². The molecule has 1 saturated carbocycles. The normalized spacial score (nSPS) is 22.4. The second-order valence-electron chi connectivity index (χ2n) is 7.71. The molecule has 1 fully saturated rings. The van der Waals surface area contributed by atoms with Gasteiger partial charge in [-0.3, -0.25) is 0 Å². The third-order valence-electron chi connectivity index (χ3n) is 4.32. The molecule has 0 aliphatic heterocycles. The van der Waals surface area contributed by atoms with E-state index < -0.39 is 5.60 Å². The standard InChI is InChI=1S/C17H35N3O2/c1-13(2)20(6)11-10-18-15-9-7-8-14(15)12-19-16(21)22-17(3,4)5/h13-15,18H,7-12H2,1-6H3,(H,19,21). The van der Waals surface area contributed by atoms with Crippen molar-refractivity contribution in [3.63, 3.8) is 0 Å². The predicted molar refractivity (Wildman–Crippen MR) is 91.1 cm³/mol. The van der Waals surface area contributed by atoms with E-state index in [9.17, 15) is 4.79 Å². The molecule has 1 amide bonds. The zero-order chi connectivity index (χ0) is 16.8. The Labute approximate surface area is 136 Å². The van der Waals surface area contributed by atoms with Crippen LogP contribution in [0.2, 0.25) is 0 Å². The van der Waals surface area contributed by atoms with Crippen LogP contribution in [-0.2, 0) is 4.74 Å². The second-order valence-corrected chi connectivity index (χ2v) is 7.71. The van der Waals surface area contributed by atoms with Gasteiger partial charge in [-0.15, -0.1) is 0 Å². The lowest BCUT2D eigenvalue weighted by atomic mass is 10.0. The Morgan fingerprint density at radius 2 is 2.00 bits per heavy atom. The Balaban J connectivity index is 2.27. The summed E-state index contributed by atoms with van der Waals surface area (Å²) in [5.74, 6) is 0.511. The zero-order valence-electron chi connectivity index (χ0n) is 15.2. The maximum atomic E-state index is 11.7. The van der Waals surface area contributed by atoms with Crippen molar-refractivity contribution < 1.29 is 9.53 Å². The number of alkyl carbamates (subject to hydrolysis) is 1. The van der Waals surface area contributed by atoms with Crippen molar-refractivity contribution in [1.29, 1.82) is 0 Å². The van der Waals surface area contributed by atoms with Gasteiger partial charge in [0.25, 0.3) is 0 Å². The average molecular weight is 313 g/mol. The SMILES string of the molecule is CC(C)N(C)CCNC1CCCC1CNC(=O)OC(C)(C)C. The van der Waals surface area contributed by atoms with Crippen LogP contribution in [0, 0.1) is 5.92 Å². The Morgan fingerprint density at radius 3 is 2.59 bits per heavy atom. The van der Waals surface area contributed by atoms with Crippen molar-refractivity contribution >= 4 is 6.09 Å². The number of rotatable bonds is 7. The number of carbonyl (C=O) groups is 1. The molecule has 22 heavy (non-hydrogen) atoms. The maximum absolute atomic E-state index is 11.7. The van der Waals surface area contributed by atoms with Gasteiger partial charge in [0.1, 0.15) is 5.60 Å². The van der Waals surface area contributed by atoms with E-state index in [4.69, 9.17) is 4.74 Å². The summed E-state index contributed by atoms with van der Waals surface area (Å²) in [5.41, 5.74) is -0.432. The second kappa shape index (κ2) is 8.73. The number of hydrogen-bond donors (Lipinski definition) is 2. The van der Waals surface area contributed by atoms with Crippen molar-refractivity contribution in [3.05, 3.63) is 0 Å². The summed E-state index contributed by atoms with van der Waals surface area (Å²) in [6, 6.07) is 1.09. The van der Waals surface area contributed by atoms with Gasteiger partial charge < -0.3 is 20.3 Å². The van der Waals surface area contributed by atoms with Crippen LogP contribution in [0.25, 0.3) is 0 Å². The van der Waals surface area contributed by atoms with E-state index in [1.165, 1.54) is 19.3 Å². The smallest absolute Gasteiger partial charge is 0.407 e. The fourth-order valence-electron chi connectivity index (χ4n) is 2.76. The summed E-state index contributed by atoms with van der Waals surface area (Å²) in [4.78, 5) is 14.1. The Bertz CT molecular complexity index is 339. The van der Waals surface area contributed by atoms with Gasteiger partial charge in [-0.25, -0.2) is 4.79 Å². The number of hydrogen-bond acceptors (Lipinski definition) is 4. The van der Waals surface area contributed by atoms with Crippen molar-refractivity contribution in [2.45, 2.75) is 71.6 Å². The van der Waals surface area contributed by atoms with Gasteiger partial charge >= 0.3 is 6.09 Å². The zero-order valence-corrected chi connectivity index (χ0v) is 15.2. The highest BCUT2D eigenvalue weighted by Gasteiger charge is 2.27. The maximum Gasteiger partial charge on any atom is 0.407 e. The van der Waals surface area contributed by atoms with Crippen molar-refractivity contribution in [2.24, 2.45) is 5.92 Å². The molecular weight excluding hydrogens is 278 g/mol. The largest absolute Gasteiger partial charge is 0.444 e. The average Bonchev–Trinajstić information content (AvgIpc) is 2.81. The van der Waals surface area contributed by atoms with E-state index >= 15 is 0 Å². The fourth-order valence-corrected chi connectivity index (χ4v) is 2.76. The van der Waals surface area contributed by atoms with Crippen LogP contribution in [0.15, 0.2) is 0 Å². The van der Waals surface area contributed by atoms with Gasteiger partial charge in [0.2, 0.25) is 0 Å². The highest BCUT2D eigenvalue weighted by atomic mass is 16.6. The molecule has 130 valence electrons. The van der Waals surface area contributed by atoms with Crippen LogP contribution >= 0.6 is 0 Å². The lowest BCUT2D eigenvalue weighted by Gasteiger charge is -2.26. The molecule has 5 nitrogen and oxygen atoms in total. The summed E-state index contributed by atoms with van der Waals surface area (Å²) in [5, 5.41) is 6.57. The number of ether oxygens (including phenoxy) is 1. The number of nitrogens with zero attached hydrogens (tertiary/aromatic N) is 1. The molecule has 0 bridgehead atoms. The summed E-state index contributed by atoms with van der Waals surface area (Å²) < 4.78 is 5.29. The summed E-state index contributed by atoms with van der Waals surface area (Å²) in [7, 11) is 2.16. The predicted octanol–water partition coefficient (Wildman–Crippen LogP) is 2.61. The minimum absolute atomic E-state index is 0.308. The third-order valence-corrected chi connectivity index (χ3v) is 4.32. The molecule has 0 spiro atoms. The van der Waals surface area contributed by atoms with Crippen LogP contribution in [0.5, 0.6) is 0 Å². The number of likely N-dealkylation sites (N-methyl/N-ethyl adjacent to an activating group) is 1. The van der Waals surface area contributed by atoms with Gasteiger partial charge in [0.15, 0.2) is 0 Å². The van der Waals surface area contributed by atoms with E-state index in [0.717, 1.165) is 13.1 Å². The Morgan fingerprint density at radius 1 is 1.32 bits per heavy atom. The van der Waals surface area contributed by atoms with Crippen molar-refractivity contribution in [3.8, 4) is 0 Å². The quantitative estimate of drug-likeness (QED) is 0.758. The summed E-state index contributed by atoms with van der Waals surface area (Å²) in [6.45, 7) is 12.8. The molecule has 0 heterocycles. The van der Waals surface area contributed by atoms with Gasteiger partial charge in [0, 0.05) is 31.7 Å². The molecule has 0 aromatic rings.